The predicted molar refractivity (Wildman–Crippen MR) is 65.1 cm³/mol. The van der Waals surface area contributed by atoms with Gasteiger partial charge in [-0.15, -0.1) is 0 Å². The Kier molecular flexibility index (Phi) is 3.07. The molecule has 0 atom stereocenters. The lowest BCUT2D eigenvalue weighted by atomic mass is 10.3. The maximum atomic E-state index is 12.2. The number of rotatable bonds is 1. The minimum Gasteiger partial charge on any atom is -0.378 e. The summed E-state index contributed by atoms with van der Waals surface area (Å²) in [5, 5.41) is 0. The van der Waals surface area contributed by atoms with Crippen molar-refractivity contribution in [2.24, 2.45) is 0 Å². The lowest BCUT2D eigenvalue weighted by molar-refractivity contribution is 0.0299. The van der Waals surface area contributed by atoms with Gasteiger partial charge in [-0.05, 0) is 0 Å². The smallest absolute Gasteiger partial charge is 0.274 e. The van der Waals surface area contributed by atoms with E-state index in [1.54, 1.807) is 0 Å². The van der Waals surface area contributed by atoms with Crippen molar-refractivity contribution in [1.82, 2.24) is 14.5 Å². The van der Waals surface area contributed by atoms with E-state index in [0.717, 1.165) is 23.9 Å². The van der Waals surface area contributed by atoms with Gasteiger partial charge in [0.15, 0.2) is 0 Å². The molecule has 1 amide bonds. The summed E-state index contributed by atoms with van der Waals surface area (Å²) in [5.41, 5.74) is 0.587. The highest BCUT2D eigenvalue weighted by molar-refractivity contribution is 7.98. The fraction of sp³-hybridized carbons (Fsp3) is 0.636. The lowest BCUT2D eigenvalue weighted by Crippen LogP contribution is -2.40. The van der Waals surface area contributed by atoms with Gasteiger partial charge in [-0.3, -0.25) is 4.79 Å². The van der Waals surface area contributed by atoms with Crippen molar-refractivity contribution in [3.05, 3.63) is 17.7 Å². The Labute approximate surface area is 104 Å². The third kappa shape index (κ3) is 2.19. The molecular weight excluding hydrogens is 238 g/mol. The lowest BCUT2D eigenvalue weighted by Gasteiger charge is -2.25. The van der Waals surface area contributed by atoms with E-state index < -0.39 is 0 Å². The molecule has 0 aliphatic carbocycles. The SMILES string of the molecule is O=C(c1cn2c(n1)CSCC2)N1CCOCC1. The van der Waals surface area contributed by atoms with E-state index in [1.165, 1.54) is 0 Å². The molecular formula is C11H15N3O2S. The molecule has 0 aromatic carbocycles. The number of ether oxygens (including phenoxy) is 1. The predicted octanol–water partition coefficient (Wildman–Crippen LogP) is 0.602. The van der Waals surface area contributed by atoms with Crippen LogP contribution in [0.3, 0.4) is 0 Å². The van der Waals surface area contributed by atoms with Crippen LogP contribution in [0.15, 0.2) is 6.20 Å². The molecule has 0 radical (unpaired) electrons. The normalized spacial score (nSPS) is 20.1. The molecule has 17 heavy (non-hydrogen) atoms. The van der Waals surface area contributed by atoms with Crippen LogP contribution in [0.5, 0.6) is 0 Å². The molecule has 1 aromatic heterocycles. The number of fused-ring (bicyclic) bond motifs is 1. The highest BCUT2D eigenvalue weighted by Gasteiger charge is 2.23. The van der Waals surface area contributed by atoms with Crippen LogP contribution in [0.2, 0.25) is 0 Å². The Hall–Kier alpha value is -1.01. The summed E-state index contributed by atoms with van der Waals surface area (Å²) in [7, 11) is 0. The van der Waals surface area contributed by atoms with Crippen molar-refractivity contribution in [3.8, 4) is 0 Å². The van der Waals surface area contributed by atoms with E-state index in [4.69, 9.17) is 4.74 Å². The van der Waals surface area contributed by atoms with Gasteiger partial charge in [-0.25, -0.2) is 4.98 Å². The molecule has 1 aromatic rings. The zero-order valence-electron chi connectivity index (χ0n) is 9.59. The fourth-order valence-electron chi connectivity index (χ4n) is 2.12. The van der Waals surface area contributed by atoms with E-state index in [-0.39, 0.29) is 5.91 Å². The number of nitrogens with zero attached hydrogens (tertiary/aromatic N) is 3. The fourth-order valence-corrected chi connectivity index (χ4v) is 3.00. The first-order valence-corrected chi connectivity index (χ1v) is 7.01. The Morgan fingerprint density at radius 3 is 2.94 bits per heavy atom. The average molecular weight is 253 g/mol. The van der Waals surface area contributed by atoms with Crippen LogP contribution < -0.4 is 0 Å². The quantitative estimate of drug-likeness (QED) is 0.735. The zero-order chi connectivity index (χ0) is 11.7. The maximum absolute atomic E-state index is 12.2. The van der Waals surface area contributed by atoms with Gasteiger partial charge in [0, 0.05) is 31.6 Å². The monoisotopic (exact) mass is 253 g/mol. The van der Waals surface area contributed by atoms with Gasteiger partial charge in [0.1, 0.15) is 11.5 Å². The van der Waals surface area contributed by atoms with Gasteiger partial charge in [0.2, 0.25) is 0 Å². The van der Waals surface area contributed by atoms with Crippen LogP contribution in [-0.2, 0) is 17.0 Å². The topological polar surface area (TPSA) is 47.4 Å². The first kappa shape index (κ1) is 11.1. The average Bonchev–Trinajstić information content (AvgIpc) is 2.82. The minimum atomic E-state index is 0.0419. The van der Waals surface area contributed by atoms with Crippen LogP contribution in [-0.4, -0.2) is 52.4 Å². The molecule has 0 unspecified atom stereocenters. The Morgan fingerprint density at radius 1 is 1.35 bits per heavy atom. The molecule has 3 heterocycles. The number of hydrogen-bond acceptors (Lipinski definition) is 4. The molecule has 5 nitrogen and oxygen atoms in total. The number of amides is 1. The van der Waals surface area contributed by atoms with Crippen molar-refractivity contribution < 1.29 is 9.53 Å². The second kappa shape index (κ2) is 4.70. The standard InChI is InChI=1S/C11H15N3O2S/c15-11(13-1-4-16-5-2-13)9-7-14-3-6-17-8-10(14)12-9/h7H,1-6,8H2. The largest absolute Gasteiger partial charge is 0.378 e. The van der Waals surface area contributed by atoms with Crippen molar-refractivity contribution in [2.75, 3.05) is 32.1 Å². The van der Waals surface area contributed by atoms with E-state index >= 15 is 0 Å². The third-order valence-corrected chi connectivity index (χ3v) is 4.02. The second-order valence-electron chi connectivity index (χ2n) is 4.19. The molecule has 0 spiro atoms. The molecule has 0 bridgehead atoms. The summed E-state index contributed by atoms with van der Waals surface area (Å²) in [6, 6.07) is 0. The Bertz CT molecular complexity index is 403. The molecule has 1 saturated heterocycles. The van der Waals surface area contributed by atoms with Gasteiger partial charge in [0.25, 0.3) is 5.91 Å². The molecule has 2 aliphatic rings. The van der Waals surface area contributed by atoms with E-state index in [0.29, 0.717) is 32.0 Å². The molecule has 3 rings (SSSR count). The van der Waals surface area contributed by atoms with Crippen molar-refractivity contribution >= 4 is 17.7 Å². The number of aryl methyl sites for hydroxylation is 1. The summed E-state index contributed by atoms with van der Waals surface area (Å²) in [6.07, 6.45) is 1.90. The van der Waals surface area contributed by atoms with E-state index in [2.05, 4.69) is 9.55 Å². The van der Waals surface area contributed by atoms with Gasteiger partial charge in [-0.2, -0.15) is 11.8 Å². The summed E-state index contributed by atoms with van der Waals surface area (Å²) in [5.74, 6) is 3.09. The van der Waals surface area contributed by atoms with E-state index in [9.17, 15) is 4.79 Å². The van der Waals surface area contributed by atoms with Crippen molar-refractivity contribution in [3.63, 3.8) is 0 Å². The molecule has 6 heteroatoms. The maximum Gasteiger partial charge on any atom is 0.274 e. The Balaban J connectivity index is 1.78. The second-order valence-corrected chi connectivity index (χ2v) is 5.30. The van der Waals surface area contributed by atoms with Crippen LogP contribution in [0, 0.1) is 0 Å². The molecule has 2 aliphatic heterocycles. The van der Waals surface area contributed by atoms with Crippen LogP contribution in [0.25, 0.3) is 0 Å². The highest BCUT2D eigenvalue weighted by atomic mass is 32.2. The summed E-state index contributed by atoms with van der Waals surface area (Å²) < 4.78 is 7.35. The summed E-state index contributed by atoms with van der Waals surface area (Å²) in [4.78, 5) is 18.5. The summed E-state index contributed by atoms with van der Waals surface area (Å²) >= 11 is 1.87. The van der Waals surface area contributed by atoms with Gasteiger partial charge in [0.05, 0.1) is 19.0 Å². The number of thioether (sulfide) groups is 1. The van der Waals surface area contributed by atoms with Gasteiger partial charge in [-0.1, -0.05) is 0 Å². The minimum absolute atomic E-state index is 0.0419. The number of carbonyl (C=O) groups is 1. The Morgan fingerprint density at radius 2 is 2.18 bits per heavy atom. The van der Waals surface area contributed by atoms with Gasteiger partial charge >= 0.3 is 0 Å². The number of imidazole rings is 1. The van der Waals surface area contributed by atoms with Gasteiger partial charge < -0.3 is 14.2 Å². The van der Waals surface area contributed by atoms with Crippen molar-refractivity contribution in [1.29, 1.82) is 0 Å². The number of hydrogen-bond donors (Lipinski definition) is 0. The highest BCUT2D eigenvalue weighted by Crippen LogP contribution is 2.19. The number of carbonyl (C=O) groups excluding carboxylic acids is 1. The molecule has 1 fully saturated rings. The number of aromatic nitrogens is 2. The molecule has 0 N–H and O–H groups in total. The summed E-state index contributed by atoms with van der Waals surface area (Å²) in [6.45, 7) is 3.58. The first-order valence-electron chi connectivity index (χ1n) is 5.85. The third-order valence-electron chi connectivity index (χ3n) is 3.08. The first-order chi connectivity index (χ1) is 8.34. The van der Waals surface area contributed by atoms with E-state index in [1.807, 2.05) is 22.9 Å². The number of morpholine rings is 1. The molecule has 0 saturated carbocycles. The van der Waals surface area contributed by atoms with Crippen LogP contribution in [0.4, 0.5) is 0 Å². The zero-order valence-corrected chi connectivity index (χ0v) is 10.4. The van der Waals surface area contributed by atoms with Crippen LogP contribution >= 0.6 is 11.8 Å². The molecule has 92 valence electrons. The van der Waals surface area contributed by atoms with Crippen molar-refractivity contribution in [2.45, 2.75) is 12.3 Å². The van der Waals surface area contributed by atoms with Crippen LogP contribution in [0.1, 0.15) is 16.3 Å².